The van der Waals surface area contributed by atoms with E-state index in [1.807, 2.05) is 18.2 Å². The first-order chi connectivity index (χ1) is 13.5. The Bertz CT molecular complexity index is 1130. The molecule has 3 aromatic rings. The van der Waals surface area contributed by atoms with E-state index in [0.717, 1.165) is 10.4 Å². The lowest BCUT2D eigenvalue weighted by Crippen LogP contribution is -2.40. The number of hydrogen-bond acceptors (Lipinski definition) is 6. The Kier molecular flexibility index (Phi) is 6.13. The number of anilines is 1. The summed E-state index contributed by atoms with van der Waals surface area (Å²) in [4.78, 5) is 17.5. The molecule has 0 saturated heterocycles. The van der Waals surface area contributed by atoms with Crippen molar-refractivity contribution in [3.05, 3.63) is 63.8 Å². The highest BCUT2D eigenvalue weighted by Gasteiger charge is 2.26. The molecule has 3 rings (SSSR count). The van der Waals surface area contributed by atoms with Gasteiger partial charge in [-0.3, -0.25) is 10.1 Å². The molecular formula is C19H20ClN3O4S2. The number of carbonyl (C=O) groups is 1. The molecule has 10 heteroatoms. The molecule has 0 fully saturated rings. The molecule has 0 unspecified atom stereocenters. The summed E-state index contributed by atoms with van der Waals surface area (Å²) in [5, 5.41) is 3.35. The third-order valence-corrected chi connectivity index (χ3v) is 6.33. The lowest BCUT2D eigenvalue weighted by Gasteiger charge is -2.18. The van der Waals surface area contributed by atoms with E-state index in [2.05, 4.69) is 15.0 Å². The van der Waals surface area contributed by atoms with Crippen LogP contribution in [0.1, 0.15) is 41.8 Å². The number of carbonyl (C=O) groups excluding carboxylic acids is 1. The van der Waals surface area contributed by atoms with Gasteiger partial charge in [0.1, 0.15) is 0 Å². The fourth-order valence-corrected chi connectivity index (χ4v) is 4.90. The summed E-state index contributed by atoms with van der Waals surface area (Å²) in [6.07, 6.45) is 2.31. The first kappa shape index (κ1) is 21.5. The number of amides is 1. The molecule has 154 valence electrons. The van der Waals surface area contributed by atoms with Crippen molar-refractivity contribution >= 4 is 44.0 Å². The van der Waals surface area contributed by atoms with Crippen molar-refractivity contribution in [2.75, 3.05) is 5.32 Å². The number of nitrogens with zero attached hydrogens (tertiary/aromatic N) is 1. The van der Waals surface area contributed by atoms with E-state index in [-0.39, 0.29) is 10.9 Å². The zero-order valence-electron chi connectivity index (χ0n) is 16.0. The number of nitrogens with one attached hydrogen (secondary N) is 2. The van der Waals surface area contributed by atoms with Crippen molar-refractivity contribution < 1.29 is 17.6 Å². The molecule has 0 spiro atoms. The predicted molar refractivity (Wildman–Crippen MR) is 113 cm³/mol. The summed E-state index contributed by atoms with van der Waals surface area (Å²) in [5.41, 5.74) is 0.361. The lowest BCUT2D eigenvalue weighted by atomic mass is 10.1. The van der Waals surface area contributed by atoms with Crippen molar-refractivity contribution in [3.63, 3.8) is 0 Å². The molecule has 0 radical (unpaired) electrons. The second-order valence-electron chi connectivity index (χ2n) is 7.37. The van der Waals surface area contributed by atoms with E-state index in [9.17, 15) is 13.2 Å². The van der Waals surface area contributed by atoms with Gasteiger partial charge in [0.05, 0.1) is 0 Å². The largest absolute Gasteiger partial charge is 0.438 e. The standard InChI is InChI=1S/C19H20ClN3O4S2/c1-19(2,3)23-29(25,26)16-8-7-15(27-16)17(24)22-18-21-11-14(28-18)10-12-5-4-6-13(20)9-12/h4-9,11,23H,10H2,1-3H3,(H,21,22,24). The Labute approximate surface area is 178 Å². The molecule has 29 heavy (non-hydrogen) atoms. The van der Waals surface area contributed by atoms with Crippen molar-refractivity contribution in [3.8, 4) is 0 Å². The first-order valence-electron chi connectivity index (χ1n) is 8.66. The van der Waals surface area contributed by atoms with Gasteiger partial charge in [0.2, 0.25) is 5.09 Å². The van der Waals surface area contributed by atoms with E-state index < -0.39 is 21.5 Å². The van der Waals surface area contributed by atoms with Crippen LogP contribution in [0.25, 0.3) is 0 Å². The summed E-state index contributed by atoms with van der Waals surface area (Å²) in [5.74, 6) is -0.697. The number of benzene rings is 1. The van der Waals surface area contributed by atoms with Crippen LogP contribution in [-0.2, 0) is 16.4 Å². The summed E-state index contributed by atoms with van der Waals surface area (Å²) >= 11 is 7.31. The van der Waals surface area contributed by atoms with Gasteiger partial charge in [-0.25, -0.2) is 18.1 Å². The van der Waals surface area contributed by atoms with Crippen LogP contribution in [0.2, 0.25) is 5.02 Å². The number of rotatable bonds is 6. The Morgan fingerprint density at radius 3 is 2.69 bits per heavy atom. The molecule has 7 nitrogen and oxygen atoms in total. The van der Waals surface area contributed by atoms with Crippen molar-refractivity contribution in [2.24, 2.45) is 0 Å². The quantitative estimate of drug-likeness (QED) is 0.579. The fourth-order valence-electron chi connectivity index (χ4n) is 2.49. The molecule has 2 N–H and O–H groups in total. The van der Waals surface area contributed by atoms with Crippen molar-refractivity contribution in [2.45, 2.75) is 37.8 Å². The molecule has 1 amide bonds. The van der Waals surface area contributed by atoms with Crippen LogP contribution in [0.3, 0.4) is 0 Å². The zero-order chi connectivity index (χ0) is 21.2. The smallest absolute Gasteiger partial charge is 0.293 e. The maximum absolute atomic E-state index is 12.4. The Morgan fingerprint density at radius 1 is 1.24 bits per heavy atom. The Balaban J connectivity index is 1.67. The Morgan fingerprint density at radius 2 is 2.00 bits per heavy atom. The minimum Gasteiger partial charge on any atom is -0.438 e. The molecule has 2 heterocycles. The highest BCUT2D eigenvalue weighted by atomic mass is 35.5. The minimum absolute atomic E-state index is 0.120. The number of aromatic nitrogens is 1. The topological polar surface area (TPSA) is 101 Å². The first-order valence-corrected chi connectivity index (χ1v) is 11.3. The van der Waals surface area contributed by atoms with Crippen LogP contribution in [-0.4, -0.2) is 24.8 Å². The average molecular weight is 454 g/mol. The maximum atomic E-state index is 12.4. The van der Waals surface area contributed by atoms with Crippen LogP contribution in [0.5, 0.6) is 0 Å². The van der Waals surface area contributed by atoms with Gasteiger partial charge in [0.25, 0.3) is 15.9 Å². The van der Waals surface area contributed by atoms with Crippen molar-refractivity contribution in [1.29, 1.82) is 0 Å². The summed E-state index contributed by atoms with van der Waals surface area (Å²) in [6, 6.07) is 10.1. The minimum atomic E-state index is -3.86. The van der Waals surface area contributed by atoms with Crippen LogP contribution in [0, 0.1) is 0 Å². The van der Waals surface area contributed by atoms with Gasteiger partial charge in [-0.1, -0.05) is 23.7 Å². The molecule has 0 bridgehead atoms. The number of thiazole rings is 1. The third kappa shape index (κ3) is 5.89. The van der Waals surface area contributed by atoms with E-state index in [0.29, 0.717) is 16.6 Å². The molecule has 0 aliphatic heterocycles. The van der Waals surface area contributed by atoms with Gasteiger partial charge >= 0.3 is 0 Å². The third-order valence-electron chi connectivity index (χ3n) is 3.55. The normalized spacial score (nSPS) is 12.1. The number of halogens is 1. The Hall–Kier alpha value is -2.20. The van der Waals surface area contributed by atoms with Gasteiger partial charge in [0.15, 0.2) is 10.9 Å². The summed E-state index contributed by atoms with van der Waals surface area (Å²) in [7, 11) is -3.86. The van der Waals surface area contributed by atoms with Gasteiger partial charge in [-0.05, 0) is 50.6 Å². The molecule has 0 aliphatic rings. The van der Waals surface area contributed by atoms with Gasteiger partial charge in [-0.2, -0.15) is 0 Å². The highest BCUT2D eigenvalue weighted by molar-refractivity contribution is 7.89. The fraction of sp³-hybridized carbons (Fsp3) is 0.263. The zero-order valence-corrected chi connectivity index (χ0v) is 18.4. The van der Waals surface area contributed by atoms with Crippen LogP contribution in [0.4, 0.5) is 5.13 Å². The number of furan rings is 1. The van der Waals surface area contributed by atoms with Crippen LogP contribution in [0.15, 0.2) is 52.1 Å². The van der Waals surface area contributed by atoms with Gasteiger partial charge in [0, 0.05) is 28.1 Å². The van der Waals surface area contributed by atoms with E-state index in [1.54, 1.807) is 33.0 Å². The molecule has 0 aliphatic carbocycles. The molecular weight excluding hydrogens is 434 g/mol. The molecule has 0 atom stereocenters. The van der Waals surface area contributed by atoms with Gasteiger partial charge in [-0.15, -0.1) is 11.3 Å². The van der Waals surface area contributed by atoms with Crippen LogP contribution < -0.4 is 10.0 Å². The monoisotopic (exact) mass is 453 g/mol. The van der Waals surface area contributed by atoms with E-state index >= 15 is 0 Å². The SMILES string of the molecule is CC(C)(C)NS(=O)(=O)c1ccc(C(=O)Nc2ncc(Cc3cccc(Cl)c3)s2)o1. The average Bonchev–Trinajstić information content (AvgIpc) is 3.22. The summed E-state index contributed by atoms with van der Waals surface area (Å²) < 4.78 is 32.3. The maximum Gasteiger partial charge on any atom is 0.293 e. The molecule has 2 aromatic heterocycles. The second-order valence-corrected chi connectivity index (χ2v) is 10.5. The van der Waals surface area contributed by atoms with E-state index in [4.69, 9.17) is 16.0 Å². The second kappa shape index (κ2) is 8.27. The predicted octanol–water partition coefficient (Wildman–Crippen LogP) is 4.31. The summed E-state index contributed by atoms with van der Waals surface area (Å²) in [6.45, 7) is 5.14. The molecule has 1 aromatic carbocycles. The van der Waals surface area contributed by atoms with Crippen molar-refractivity contribution in [1.82, 2.24) is 9.71 Å². The van der Waals surface area contributed by atoms with Gasteiger partial charge < -0.3 is 4.42 Å². The highest BCUT2D eigenvalue weighted by Crippen LogP contribution is 2.24. The van der Waals surface area contributed by atoms with Crippen LogP contribution >= 0.6 is 22.9 Å². The molecule has 0 saturated carbocycles. The van der Waals surface area contributed by atoms with E-state index in [1.165, 1.54) is 23.5 Å². The lowest BCUT2D eigenvalue weighted by molar-refractivity contribution is 0.0991. The number of hydrogen-bond donors (Lipinski definition) is 2. The number of sulfonamides is 1.